The molecule has 0 spiro atoms. The standard InChI is InChI=1S/C12H13Cl2NO3S/c1-18-11(17)5-6-19-7-10(16)15-12-8(13)3-2-4-9(12)14/h2-4H,5-7H2,1H3,(H,15,16). The number of carbonyl (C=O) groups excluding carboxylic acids is 2. The fourth-order valence-corrected chi connectivity index (χ4v) is 2.42. The third-order valence-corrected chi connectivity index (χ3v) is 3.73. The molecule has 19 heavy (non-hydrogen) atoms. The van der Waals surface area contributed by atoms with Gasteiger partial charge in [-0.3, -0.25) is 9.59 Å². The van der Waals surface area contributed by atoms with Gasteiger partial charge in [-0.15, -0.1) is 0 Å². The summed E-state index contributed by atoms with van der Waals surface area (Å²) in [6.07, 6.45) is 0.279. The molecule has 1 amide bonds. The van der Waals surface area contributed by atoms with Gasteiger partial charge < -0.3 is 10.1 Å². The Morgan fingerprint density at radius 1 is 1.32 bits per heavy atom. The third-order valence-electron chi connectivity index (χ3n) is 2.14. The van der Waals surface area contributed by atoms with E-state index in [-0.39, 0.29) is 24.1 Å². The van der Waals surface area contributed by atoms with E-state index < -0.39 is 0 Å². The van der Waals surface area contributed by atoms with Crippen LogP contribution in [0.15, 0.2) is 18.2 Å². The molecule has 1 aromatic carbocycles. The maximum atomic E-state index is 11.7. The van der Waals surface area contributed by atoms with E-state index in [4.69, 9.17) is 23.2 Å². The van der Waals surface area contributed by atoms with Crippen LogP contribution in [0.3, 0.4) is 0 Å². The molecule has 4 nitrogen and oxygen atoms in total. The molecule has 0 aliphatic rings. The lowest BCUT2D eigenvalue weighted by Gasteiger charge is -2.08. The minimum atomic E-state index is -0.290. The Bertz CT molecular complexity index is 448. The van der Waals surface area contributed by atoms with Crippen molar-refractivity contribution in [1.29, 1.82) is 0 Å². The second kappa shape index (κ2) is 8.30. The molecule has 1 N–H and O–H groups in total. The monoisotopic (exact) mass is 321 g/mol. The molecule has 0 bridgehead atoms. The number of para-hydroxylation sites is 1. The Hall–Kier alpha value is -0.910. The van der Waals surface area contributed by atoms with Crippen LogP contribution >= 0.6 is 35.0 Å². The SMILES string of the molecule is COC(=O)CCSCC(=O)Nc1c(Cl)cccc1Cl. The maximum absolute atomic E-state index is 11.7. The van der Waals surface area contributed by atoms with Crippen LogP contribution in [0, 0.1) is 0 Å². The first kappa shape index (κ1) is 16.1. The van der Waals surface area contributed by atoms with Gasteiger partial charge in [0.1, 0.15) is 0 Å². The first-order valence-corrected chi connectivity index (χ1v) is 7.34. The number of methoxy groups -OCH3 is 1. The minimum absolute atomic E-state index is 0.218. The quantitative estimate of drug-likeness (QED) is 0.645. The average molecular weight is 322 g/mol. The summed E-state index contributed by atoms with van der Waals surface area (Å²) in [4.78, 5) is 22.5. The number of ether oxygens (including phenoxy) is 1. The predicted octanol–water partition coefficient (Wildman–Crippen LogP) is 3.23. The Kier molecular flexibility index (Phi) is 7.05. The molecule has 0 atom stereocenters. The highest BCUT2D eigenvalue weighted by molar-refractivity contribution is 7.99. The molecule has 104 valence electrons. The number of anilines is 1. The summed E-state index contributed by atoms with van der Waals surface area (Å²) in [6.45, 7) is 0. The number of amides is 1. The Morgan fingerprint density at radius 2 is 1.95 bits per heavy atom. The first-order chi connectivity index (χ1) is 9.04. The fraction of sp³-hybridized carbons (Fsp3) is 0.333. The van der Waals surface area contributed by atoms with Crippen LogP contribution in [0.5, 0.6) is 0 Å². The third kappa shape index (κ3) is 5.72. The van der Waals surface area contributed by atoms with Crippen molar-refractivity contribution in [3.63, 3.8) is 0 Å². The largest absolute Gasteiger partial charge is 0.469 e. The van der Waals surface area contributed by atoms with Gasteiger partial charge >= 0.3 is 5.97 Å². The molecule has 0 heterocycles. The van der Waals surface area contributed by atoms with Gasteiger partial charge in [-0.1, -0.05) is 29.3 Å². The topological polar surface area (TPSA) is 55.4 Å². The number of carbonyl (C=O) groups is 2. The summed E-state index contributed by atoms with van der Waals surface area (Å²) in [5.74, 6) is 0.237. The van der Waals surface area contributed by atoms with Gasteiger partial charge in [0.2, 0.25) is 5.91 Å². The van der Waals surface area contributed by atoms with Crippen LogP contribution in [0.2, 0.25) is 10.0 Å². The van der Waals surface area contributed by atoms with Crippen molar-refractivity contribution >= 4 is 52.5 Å². The predicted molar refractivity (Wildman–Crippen MR) is 79.0 cm³/mol. The van der Waals surface area contributed by atoms with Crippen LogP contribution in [-0.2, 0) is 14.3 Å². The van der Waals surface area contributed by atoms with Crippen LogP contribution in [0.4, 0.5) is 5.69 Å². The lowest BCUT2D eigenvalue weighted by atomic mass is 10.3. The van der Waals surface area contributed by atoms with Crippen molar-refractivity contribution in [2.45, 2.75) is 6.42 Å². The molecular formula is C12H13Cl2NO3S. The highest BCUT2D eigenvalue weighted by Gasteiger charge is 2.09. The lowest BCUT2D eigenvalue weighted by molar-refractivity contribution is -0.140. The average Bonchev–Trinajstić information content (AvgIpc) is 2.39. The van der Waals surface area contributed by atoms with Gasteiger partial charge in [-0.25, -0.2) is 0 Å². The molecule has 0 saturated carbocycles. The molecule has 0 aliphatic heterocycles. The number of rotatable bonds is 6. The lowest BCUT2D eigenvalue weighted by Crippen LogP contribution is -2.15. The van der Waals surface area contributed by atoms with E-state index in [1.165, 1.54) is 18.9 Å². The first-order valence-electron chi connectivity index (χ1n) is 5.43. The molecule has 7 heteroatoms. The number of hydrogen-bond donors (Lipinski definition) is 1. The zero-order valence-electron chi connectivity index (χ0n) is 10.2. The van der Waals surface area contributed by atoms with E-state index in [0.717, 1.165) is 0 Å². The Labute approximate surface area is 125 Å². The van der Waals surface area contributed by atoms with Gasteiger partial charge in [-0.05, 0) is 12.1 Å². The molecular weight excluding hydrogens is 309 g/mol. The highest BCUT2D eigenvalue weighted by atomic mass is 35.5. The van der Waals surface area contributed by atoms with E-state index >= 15 is 0 Å². The highest BCUT2D eigenvalue weighted by Crippen LogP contribution is 2.29. The van der Waals surface area contributed by atoms with Gasteiger partial charge in [-0.2, -0.15) is 11.8 Å². The van der Waals surface area contributed by atoms with E-state index in [1.54, 1.807) is 18.2 Å². The minimum Gasteiger partial charge on any atom is -0.469 e. The van der Waals surface area contributed by atoms with Crippen molar-refractivity contribution in [3.8, 4) is 0 Å². The Morgan fingerprint density at radius 3 is 2.53 bits per heavy atom. The summed E-state index contributed by atoms with van der Waals surface area (Å²) in [7, 11) is 1.33. The Balaban J connectivity index is 2.37. The van der Waals surface area contributed by atoms with Crippen LogP contribution in [-0.4, -0.2) is 30.5 Å². The van der Waals surface area contributed by atoms with Gasteiger partial charge in [0, 0.05) is 5.75 Å². The van der Waals surface area contributed by atoms with Crippen molar-refractivity contribution < 1.29 is 14.3 Å². The molecule has 1 aromatic rings. The summed E-state index contributed by atoms with van der Waals surface area (Å²) in [5.41, 5.74) is 0.407. The summed E-state index contributed by atoms with van der Waals surface area (Å²) < 4.78 is 4.50. The van der Waals surface area contributed by atoms with Gasteiger partial charge in [0.25, 0.3) is 0 Å². The van der Waals surface area contributed by atoms with Crippen molar-refractivity contribution in [2.75, 3.05) is 23.9 Å². The van der Waals surface area contributed by atoms with Crippen LogP contribution in [0.1, 0.15) is 6.42 Å². The maximum Gasteiger partial charge on any atom is 0.306 e. The molecule has 0 fully saturated rings. The normalized spacial score (nSPS) is 10.1. The second-order valence-electron chi connectivity index (χ2n) is 3.52. The molecule has 0 aliphatic carbocycles. The molecule has 0 aromatic heterocycles. The smallest absolute Gasteiger partial charge is 0.306 e. The van der Waals surface area contributed by atoms with Gasteiger partial charge in [0.15, 0.2) is 0 Å². The second-order valence-corrected chi connectivity index (χ2v) is 5.44. The zero-order chi connectivity index (χ0) is 14.3. The molecule has 0 saturated heterocycles. The van der Waals surface area contributed by atoms with Crippen LogP contribution in [0.25, 0.3) is 0 Å². The summed E-state index contributed by atoms with van der Waals surface area (Å²) in [6, 6.07) is 4.99. The van der Waals surface area contributed by atoms with E-state index in [2.05, 4.69) is 10.1 Å². The molecule has 1 rings (SSSR count). The number of thioether (sulfide) groups is 1. The number of nitrogens with one attached hydrogen (secondary N) is 1. The van der Waals surface area contributed by atoms with E-state index in [0.29, 0.717) is 21.5 Å². The molecule has 0 unspecified atom stereocenters. The molecule has 0 radical (unpaired) electrons. The van der Waals surface area contributed by atoms with Gasteiger partial charge in [0.05, 0.1) is 35.0 Å². The number of esters is 1. The van der Waals surface area contributed by atoms with E-state index in [9.17, 15) is 9.59 Å². The summed E-state index contributed by atoms with van der Waals surface area (Å²) >= 11 is 13.2. The number of benzene rings is 1. The van der Waals surface area contributed by atoms with Crippen LogP contribution < -0.4 is 5.32 Å². The van der Waals surface area contributed by atoms with Crippen molar-refractivity contribution in [2.24, 2.45) is 0 Å². The van der Waals surface area contributed by atoms with Crippen molar-refractivity contribution in [1.82, 2.24) is 0 Å². The van der Waals surface area contributed by atoms with E-state index in [1.807, 2.05) is 0 Å². The summed E-state index contributed by atoms with van der Waals surface area (Å²) in [5, 5.41) is 3.42. The number of halogens is 2. The fourth-order valence-electron chi connectivity index (χ4n) is 1.22. The zero-order valence-corrected chi connectivity index (χ0v) is 12.6. The van der Waals surface area contributed by atoms with Crippen molar-refractivity contribution in [3.05, 3.63) is 28.2 Å². The number of hydrogen-bond acceptors (Lipinski definition) is 4.